The van der Waals surface area contributed by atoms with Gasteiger partial charge in [0.25, 0.3) is 0 Å². The van der Waals surface area contributed by atoms with Gasteiger partial charge in [0, 0.05) is 5.75 Å². The lowest BCUT2D eigenvalue weighted by Crippen LogP contribution is -2.28. The van der Waals surface area contributed by atoms with E-state index in [2.05, 4.69) is 36.5 Å². The standard InChI is InChI=1S/C19H22FNOS/c1-3-15-7-9-17(10-8-15)14(2)21-19(22)13-23-12-16-5-4-6-18(20)11-16/h4-11,14H,3,12-13H2,1-2H3,(H,21,22)/t14-/m0/s1. The molecule has 0 radical (unpaired) electrons. The number of thioether (sulfide) groups is 1. The minimum atomic E-state index is -0.239. The third-order valence-corrected chi connectivity index (χ3v) is 4.66. The maximum atomic E-state index is 13.1. The number of carbonyl (C=O) groups is 1. The maximum Gasteiger partial charge on any atom is 0.230 e. The second kappa shape index (κ2) is 8.73. The lowest BCUT2D eigenvalue weighted by atomic mass is 10.1. The highest BCUT2D eigenvalue weighted by Gasteiger charge is 2.09. The number of rotatable bonds is 7. The normalized spacial score (nSPS) is 12.0. The molecule has 2 nitrogen and oxygen atoms in total. The molecule has 0 bridgehead atoms. The van der Waals surface area contributed by atoms with Crippen LogP contribution in [0.3, 0.4) is 0 Å². The Morgan fingerprint density at radius 1 is 1.17 bits per heavy atom. The van der Waals surface area contributed by atoms with Crippen molar-refractivity contribution in [3.05, 3.63) is 71.0 Å². The van der Waals surface area contributed by atoms with E-state index in [0.717, 1.165) is 17.5 Å². The monoisotopic (exact) mass is 331 g/mol. The van der Waals surface area contributed by atoms with Gasteiger partial charge in [0.05, 0.1) is 11.8 Å². The number of hydrogen-bond acceptors (Lipinski definition) is 2. The summed E-state index contributed by atoms with van der Waals surface area (Å²) in [5.74, 6) is 0.758. The van der Waals surface area contributed by atoms with Crippen molar-refractivity contribution in [3.8, 4) is 0 Å². The summed E-state index contributed by atoms with van der Waals surface area (Å²) in [6.07, 6.45) is 1.01. The van der Waals surface area contributed by atoms with Crippen LogP contribution in [-0.4, -0.2) is 11.7 Å². The van der Waals surface area contributed by atoms with Gasteiger partial charge in [0.2, 0.25) is 5.91 Å². The Kier molecular flexibility index (Phi) is 6.66. The van der Waals surface area contributed by atoms with E-state index in [9.17, 15) is 9.18 Å². The molecule has 0 aliphatic rings. The van der Waals surface area contributed by atoms with Crippen molar-refractivity contribution >= 4 is 17.7 Å². The molecule has 0 saturated carbocycles. The molecule has 2 aromatic rings. The van der Waals surface area contributed by atoms with Crippen molar-refractivity contribution in [2.45, 2.75) is 32.1 Å². The molecule has 0 spiro atoms. The van der Waals surface area contributed by atoms with Crippen molar-refractivity contribution in [3.63, 3.8) is 0 Å². The molecular formula is C19H22FNOS. The van der Waals surface area contributed by atoms with Crippen LogP contribution in [0.4, 0.5) is 4.39 Å². The fraction of sp³-hybridized carbons (Fsp3) is 0.316. The molecule has 1 atom stereocenters. The summed E-state index contributed by atoms with van der Waals surface area (Å²) in [6.45, 7) is 4.10. The molecule has 0 heterocycles. The zero-order chi connectivity index (χ0) is 16.7. The molecule has 2 aromatic carbocycles. The highest BCUT2D eigenvalue weighted by atomic mass is 32.2. The zero-order valence-corrected chi connectivity index (χ0v) is 14.3. The summed E-state index contributed by atoms with van der Waals surface area (Å²) in [5, 5.41) is 3.00. The predicted molar refractivity (Wildman–Crippen MR) is 94.9 cm³/mol. The van der Waals surface area contributed by atoms with Gasteiger partial charge in [-0.1, -0.05) is 43.3 Å². The predicted octanol–water partition coefficient (Wildman–Crippen LogP) is 4.50. The molecule has 4 heteroatoms. The van der Waals surface area contributed by atoms with E-state index in [0.29, 0.717) is 11.5 Å². The van der Waals surface area contributed by atoms with Crippen LogP contribution in [0.5, 0.6) is 0 Å². The van der Waals surface area contributed by atoms with Crippen LogP contribution in [0, 0.1) is 5.82 Å². The van der Waals surface area contributed by atoms with Crippen molar-refractivity contribution in [1.29, 1.82) is 0 Å². The third-order valence-electron chi connectivity index (χ3n) is 3.66. The van der Waals surface area contributed by atoms with E-state index < -0.39 is 0 Å². The number of aryl methyl sites for hydroxylation is 1. The number of nitrogens with one attached hydrogen (secondary N) is 1. The zero-order valence-electron chi connectivity index (χ0n) is 13.5. The fourth-order valence-electron chi connectivity index (χ4n) is 2.30. The van der Waals surface area contributed by atoms with Gasteiger partial charge < -0.3 is 5.32 Å². The van der Waals surface area contributed by atoms with Gasteiger partial charge in [-0.2, -0.15) is 0 Å². The van der Waals surface area contributed by atoms with Crippen molar-refractivity contribution in [2.75, 3.05) is 5.75 Å². The van der Waals surface area contributed by atoms with Crippen molar-refractivity contribution in [1.82, 2.24) is 5.32 Å². The molecule has 122 valence electrons. The van der Waals surface area contributed by atoms with E-state index in [-0.39, 0.29) is 17.8 Å². The molecular weight excluding hydrogens is 309 g/mol. The van der Waals surface area contributed by atoms with Crippen LogP contribution >= 0.6 is 11.8 Å². The Hall–Kier alpha value is -1.81. The number of amides is 1. The SMILES string of the molecule is CCc1ccc([C@H](C)NC(=O)CSCc2cccc(F)c2)cc1. The summed E-state index contributed by atoms with van der Waals surface area (Å²) < 4.78 is 13.1. The lowest BCUT2D eigenvalue weighted by Gasteiger charge is -2.14. The molecule has 0 aliphatic heterocycles. The average Bonchev–Trinajstić information content (AvgIpc) is 2.55. The second-order valence-electron chi connectivity index (χ2n) is 5.51. The van der Waals surface area contributed by atoms with Crippen LogP contribution in [0.2, 0.25) is 0 Å². The van der Waals surface area contributed by atoms with Gasteiger partial charge in [0.15, 0.2) is 0 Å². The Morgan fingerprint density at radius 2 is 1.91 bits per heavy atom. The molecule has 0 aromatic heterocycles. The van der Waals surface area contributed by atoms with E-state index in [4.69, 9.17) is 0 Å². The number of halogens is 1. The van der Waals surface area contributed by atoms with Gasteiger partial charge in [-0.3, -0.25) is 4.79 Å². The first-order valence-corrected chi connectivity index (χ1v) is 8.94. The Bertz CT molecular complexity index is 642. The van der Waals surface area contributed by atoms with Gasteiger partial charge in [-0.15, -0.1) is 11.8 Å². The highest BCUT2D eigenvalue weighted by molar-refractivity contribution is 7.99. The topological polar surface area (TPSA) is 29.1 Å². The van der Waals surface area contributed by atoms with E-state index in [1.54, 1.807) is 6.07 Å². The third kappa shape index (κ3) is 5.71. The molecule has 0 aliphatic carbocycles. The summed E-state index contributed by atoms with van der Waals surface area (Å²) in [5.41, 5.74) is 3.29. The lowest BCUT2D eigenvalue weighted by molar-refractivity contribution is -0.119. The van der Waals surface area contributed by atoms with Gasteiger partial charge in [-0.25, -0.2) is 4.39 Å². The summed E-state index contributed by atoms with van der Waals surface area (Å²) in [6, 6.07) is 14.8. The van der Waals surface area contributed by atoms with Crippen molar-refractivity contribution < 1.29 is 9.18 Å². The number of benzene rings is 2. The summed E-state index contributed by atoms with van der Waals surface area (Å²) in [4.78, 5) is 12.0. The Labute approximate surface area is 141 Å². The first kappa shape index (κ1) is 17.5. The number of hydrogen-bond donors (Lipinski definition) is 1. The van der Waals surface area contributed by atoms with Gasteiger partial charge >= 0.3 is 0 Å². The molecule has 1 N–H and O–H groups in total. The van der Waals surface area contributed by atoms with Crippen LogP contribution in [0.15, 0.2) is 48.5 Å². The smallest absolute Gasteiger partial charge is 0.230 e. The maximum absolute atomic E-state index is 13.1. The molecule has 0 saturated heterocycles. The fourth-order valence-corrected chi connectivity index (χ4v) is 3.08. The number of carbonyl (C=O) groups excluding carboxylic acids is 1. The van der Waals surface area contributed by atoms with Crippen LogP contribution in [0.25, 0.3) is 0 Å². The summed E-state index contributed by atoms with van der Waals surface area (Å²) >= 11 is 1.49. The van der Waals surface area contributed by atoms with E-state index in [1.165, 1.54) is 29.5 Å². The Balaban J connectivity index is 1.77. The Morgan fingerprint density at radius 3 is 2.57 bits per heavy atom. The quantitative estimate of drug-likeness (QED) is 0.809. The summed E-state index contributed by atoms with van der Waals surface area (Å²) in [7, 11) is 0. The average molecular weight is 331 g/mol. The van der Waals surface area contributed by atoms with Gasteiger partial charge in [0.1, 0.15) is 5.82 Å². The van der Waals surface area contributed by atoms with Gasteiger partial charge in [-0.05, 0) is 42.2 Å². The largest absolute Gasteiger partial charge is 0.349 e. The second-order valence-corrected chi connectivity index (χ2v) is 6.49. The van der Waals surface area contributed by atoms with Crippen LogP contribution < -0.4 is 5.32 Å². The van der Waals surface area contributed by atoms with E-state index in [1.807, 2.05) is 13.0 Å². The minimum Gasteiger partial charge on any atom is -0.349 e. The van der Waals surface area contributed by atoms with E-state index >= 15 is 0 Å². The molecule has 2 rings (SSSR count). The molecule has 23 heavy (non-hydrogen) atoms. The molecule has 0 fully saturated rings. The van der Waals surface area contributed by atoms with Crippen molar-refractivity contribution in [2.24, 2.45) is 0 Å². The molecule has 1 amide bonds. The van der Waals surface area contributed by atoms with Crippen LogP contribution in [-0.2, 0) is 17.0 Å². The van der Waals surface area contributed by atoms with Crippen LogP contribution in [0.1, 0.15) is 36.6 Å². The first-order valence-electron chi connectivity index (χ1n) is 7.79. The highest BCUT2D eigenvalue weighted by Crippen LogP contribution is 2.16. The minimum absolute atomic E-state index is 0.00142. The molecule has 0 unspecified atom stereocenters. The first-order chi connectivity index (χ1) is 11.1.